The van der Waals surface area contributed by atoms with Gasteiger partial charge in [0.2, 0.25) is 0 Å². The third kappa shape index (κ3) is 3.78. The van der Waals surface area contributed by atoms with E-state index in [1.165, 1.54) is 38.5 Å². The predicted molar refractivity (Wildman–Crippen MR) is 130 cm³/mol. The topological polar surface area (TPSA) is 40.5 Å². The third-order valence-electron chi connectivity index (χ3n) is 11.2. The van der Waals surface area contributed by atoms with Crippen molar-refractivity contribution >= 4 is 0 Å². The van der Waals surface area contributed by atoms with Crippen LogP contribution in [0.2, 0.25) is 0 Å². The molecule has 5 unspecified atom stereocenters. The summed E-state index contributed by atoms with van der Waals surface area (Å²) in [5.41, 5.74) is 1.65. The minimum Gasteiger partial charge on any atom is -0.393 e. The Hall–Kier alpha value is -0.600. The maximum atomic E-state index is 11.0. The van der Waals surface area contributed by atoms with Crippen molar-refractivity contribution in [1.82, 2.24) is 0 Å². The average Bonchev–Trinajstić information content (AvgIpc) is 3.09. The summed E-state index contributed by atoms with van der Waals surface area (Å²) in [6, 6.07) is 0. The van der Waals surface area contributed by atoms with E-state index in [1.807, 2.05) is 0 Å². The fourth-order valence-electron chi connectivity index (χ4n) is 8.90. The van der Waals surface area contributed by atoms with E-state index in [9.17, 15) is 10.2 Å². The van der Waals surface area contributed by atoms with Gasteiger partial charge < -0.3 is 10.2 Å². The Balaban J connectivity index is 1.49. The molecule has 0 aliphatic heterocycles. The Morgan fingerprint density at radius 3 is 2.55 bits per heavy atom. The molecular formula is C29H48O2. The highest BCUT2D eigenvalue weighted by atomic mass is 16.3. The van der Waals surface area contributed by atoms with Crippen molar-refractivity contribution in [3.05, 3.63) is 24.3 Å². The summed E-state index contributed by atoms with van der Waals surface area (Å²) in [6.45, 7) is 15.7. The zero-order valence-corrected chi connectivity index (χ0v) is 20.9. The molecule has 2 heteroatoms. The van der Waals surface area contributed by atoms with E-state index in [4.69, 9.17) is 0 Å². The molecule has 2 N–H and O–H groups in total. The lowest BCUT2D eigenvalue weighted by atomic mass is 9.47. The summed E-state index contributed by atoms with van der Waals surface area (Å²) in [4.78, 5) is 0. The van der Waals surface area contributed by atoms with Crippen molar-refractivity contribution in [2.24, 2.45) is 46.3 Å². The monoisotopic (exact) mass is 428 g/mol. The summed E-state index contributed by atoms with van der Waals surface area (Å²) in [5.74, 6) is 4.17. The van der Waals surface area contributed by atoms with Gasteiger partial charge in [-0.15, -0.1) is 6.58 Å². The Morgan fingerprint density at radius 2 is 1.87 bits per heavy atom. The Kier molecular flexibility index (Phi) is 6.32. The first-order valence-electron chi connectivity index (χ1n) is 13.3. The molecule has 0 spiro atoms. The van der Waals surface area contributed by atoms with E-state index in [0.29, 0.717) is 16.7 Å². The minimum absolute atomic E-state index is 0.110. The van der Waals surface area contributed by atoms with Crippen LogP contribution in [0, 0.1) is 46.3 Å². The highest BCUT2D eigenvalue weighted by molar-refractivity contribution is 5.25. The van der Waals surface area contributed by atoms with Gasteiger partial charge in [0.05, 0.1) is 11.7 Å². The van der Waals surface area contributed by atoms with Crippen LogP contribution in [0.15, 0.2) is 24.3 Å². The molecule has 176 valence electrons. The molecule has 0 bridgehead atoms. The van der Waals surface area contributed by atoms with Crippen molar-refractivity contribution in [1.29, 1.82) is 0 Å². The first-order valence-corrected chi connectivity index (χ1v) is 13.3. The zero-order valence-electron chi connectivity index (χ0n) is 20.9. The van der Waals surface area contributed by atoms with Crippen molar-refractivity contribution in [2.75, 3.05) is 0 Å². The predicted octanol–water partition coefficient (Wildman–Crippen LogP) is 6.92. The van der Waals surface area contributed by atoms with E-state index in [1.54, 1.807) is 11.6 Å². The first kappa shape index (κ1) is 23.6. The molecule has 2 nitrogen and oxygen atoms in total. The molecule has 0 aromatic rings. The van der Waals surface area contributed by atoms with Gasteiger partial charge in [-0.3, -0.25) is 0 Å². The van der Waals surface area contributed by atoms with Gasteiger partial charge in [-0.05, 0) is 111 Å². The van der Waals surface area contributed by atoms with E-state index in [0.717, 1.165) is 49.4 Å². The highest BCUT2D eigenvalue weighted by Crippen LogP contribution is 2.67. The lowest BCUT2D eigenvalue weighted by Gasteiger charge is -2.58. The van der Waals surface area contributed by atoms with Crippen LogP contribution in [0.1, 0.15) is 98.8 Å². The van der Waals surface area contributed by atoms with Gasteiger partial charge in [-0.1, -0.05) is 52.3 Å². The zero-order chi connectivity index (χ0) is 22.6. The van der Waals surface area contributed by atoms with Crippen molar-refractivity contribution in [2.45, 2.75) is 111 Å². The molecule has 0 radical (unpaired) electrons. The van der Waals surface area contributed by atoms with Crippen LogP contribution in [0.25, 0.3) is 0 Å². The normalized spacial score (nSPS) is 45.2. The van der Waals surface area contributed by atoms with Crippen molar-refractivity contribution in [3.63, 3.8) is 0 Å². The largest absolute Gasteiger partial charge is 0.393 e. The number of fused-ring (bicyclic) bond motifs is 5. The third-order valence-corrected chi connectivity index (χ3v) is 11.2. The summed E-state index contributed by atoms with van der Waals surface area (Å²) in [7, 11) is 0. The van der Waals surface area contributed by atoms with Crippen LogP contribution in [-0.2, 0) is 0 Å². The molecule has 0 saturated heterocycles. The molecule has 0 aromatic heterocycles. The maximum absolute atomic E-state index is 11.0. The molecular weight excluding hydrogens is 380 g/mol. The van der Waals surface area contributed by atoms with Gasteiger partial charge in [-0.25, -0.2) is 0 Å². The molecule has 4 aliphatic carbocycles. The number of hydrogen-bond donors (Lipinski definition) is 2. The molecule has 0 heterocycles. The Labute approximate surface area is 191 Å². The molecule has 3 fully saturated rings. The quantitative estimate of drug-likeness (QED) is 0.451. The number of rotatable bonds is 6. The second kappa shape index (κ2) is 8.32. The van der Waals surface area contributed by atoms with Crippen LogP contribution < -0.4 is 0 Å². The fourth-order valence-corrected chi connectivity index (χ4v) is 8.90. The number of aliphatic hydroxyl groups is 2. The van der Waals surface area contributed by atoms with E-state index in [-0.39, 0.29) is 12.0 Å². The van der Waals surface area contributed by atoms with Gasteiger partial charge in [-0.2, -0.15) is 0 Å². The highest BCUT2D eigenvalue weighted by Gasteiger charge is 2.59. The summed E-state index contributed by atoms with van der Waals surface area (Å²) in [6.07, 6.45) is 16.0. The smallest absolute Gasteiger partial charge is 0.0847 e. The second-order valence-electron chi connectivity index (χ2n) is 12.8. The fraction of sp³-hybridized carbons (Fsp3) is 0.862. The van der Waals surface area contributed by atoms with Gasteiger partial charge >= 0.3 is 0 Å². The van der Waals surface area contributed by atoms with Gasteiger partial charge in [0.25, 0.3) is 0 Å². The second-order valence-corrected chi connectivity index (χ2v) is 12.8. The molecule has 31 heavy (non-hydrogen) atoms. The molecule has 0 amide bonds. The van der Waals surface area contributed by atoms with Gasteiger partial charge in [0.1, 0.15) is 0 Å². The van der Waals surface area contributed by atoms with Crippen LogP contribution in [0.5, 0.6) is 0 Å². The minimum atomic E-state index is -0.727. The number of aliphatic hydroxyl groups excluding tert-OH is 1. The van der Waals surface area contributed by atoms with Crippen molar-refractivity contribution in [3.8, 4) is 0 Å². The van der Waals surface area contributed by atoms with Crippen LogP contribution in [0.4, 0.5) is 0 Å². The number of allylic oxidation sites excluding steroid dienone is 1. The Bertz CT molecular complexity index is 710. The lowest BCUT2D eigenvalue weighted by molar-refractivity contribution is -0.0590. The van der Waals surface area contributed by atoms with E-state index in [2.05, 4.69) is 47.3 Å². The number of hydrogen-bond acceptors (Lipinski definition) is 2. The lowest BCUT2D eigenvalue weighted by Crippen LogP contribution is -2.50. The molecule has 3 saturated carbocycles. The standard InChI is InChI=1S/C29H48O2/c1-7-29(31,19(2)3)17-12-20(4)24-10-11-25-23-9-8-21-18-22(30)13-15-27(21,5)26(23)14-16-28(24,25)6/h7-8,19-20,22-26,30-31H,1,9-18H2,2-6H3/t20?,22-,23?,24+,25?,26?,27-,28+,29?/m0/s1. The summed E-state index contributed by atoms with van der Waals surface area (Å²) >= 11 is 0. The van der Waals surface area contributed by atoms with Gasteiger partial charge in [0, 0.05) is 0 Å². The average molecular weight is 429 g/mol. The van der Waals surface area contributed by atoms with Gasteiger partial charge in [0.15, 0.2) is 0 Å². The molecule has 0 aromatic carbocycles. The maximum Gasteiger partial charge on any atom is 0.0847 e. The van der Waals surface area contributed by atoms with E-state index < -0.39 is 5.60 Å². The van der Waals surface area contributed by atoms with Crippen molar-refractivity contribution < 1.29 is 10.2 Å². The summed E-state index contributed by atoms with van der Waals surface area (Å²) in [5, 5.41) is 21.2. The van der Waals surface area contributed by atoms with Crippen LogP contribution in [0.3, 0.4) is 0 Å². The van der Waals surface area contributed by atoms with E-state index >= 15 is 0 Å². The molecule has 4 rings (SSSR count). The SMILES string of the molecule is C=CC(O)(CCC(C)[C@H]1CCC2C3CC=C4C[C@@H](O)CC[C@]4(C)C3CC[C@@]21C)C(C)C. The van der Waals surface area contributed by atoms with Crippen LogP contribution in [-0.4, -0.2) is 21.9 Å². The summed E-state index contributed by atoms with van der Waals surface area (Å²) < 4.78 is 0. The van der Waals surface area contributed by atoms with Crippen LogP contribution >= 0.6 is 0 Å². The first-order chi connectivity index (χ1) is 14.5. The molecule has 4 aliphatic rings. The Morgan fingerprint density at radius 1 is 1.13 bits per heavy atom. The molecule has 9 atom stereocenters.